The van der Waals surface area contributed by atoms with Crippen LogP contribution in [0.15, 0.2) is 29.0 Å². The van der Waals surface area contributed by atoms with Crippen LogP contribution in [-0.2, 0) is 0 Å². The number of aromatic nitrogens is 2. The lowest BCUT2D eigenvalue weighted by Gasteiger charge is -2.11. The van der Waals surface area contributed by atoms with E-state index in [2.05, 4.69) is 31.2 Å². The van der Waals surface area contributed by atoms with Gasteiger partial charge in [0.05, 0.1) is 18.1 Å². The quantitative estimate of drug-likeness (QED) is 0.650. The SMILES string of the molecule is CNc1ncnc(Oc2cc([N+](=O)[O-])ccc2OC)c1Br. The molecule has 0 saturated carbocycles. The first-order valence-corrected chi connectivity index (χ1v) is 6.54. The van der Waals surface area contributed by atoms with Crippen LogP contribution in [0.5, 0.6) is 17.4 Å². The van der Waals surface area contributed by atoms with E-state index in [9.17, 15) is 10.1 Å². The summed E-state index contributed by atoms with van der Waals surface area (Å²) in [6, 6.07) is 4.06. The molecule has 1 heterocycles. The molecule has 0 amide bonds. The summed E-state index contributed by atoms with van der Waals surface area (Å²) in [7, 11) is 3.15. The summed E-state index contributed by atoms with van der Waals surface area (Å²) >= 11 is 3.31. The van der Waals surface area contributed by atoms with Gasteiger partial charge in [-0.25, -0.2) is 9.97 Å². The molecule has 0 saturated heterocycles. The summed E-state index contributed by atoms with van der Waals surface area (Å²) in [5.41, 5.74) is -0.107. The number of nitro benzene ring substituents is 1. The average Bonchev–Trinajstić information content (AvgIpc) is 2.49. The van der Waals surface area contributed by atoms with Gasteiger partial charge in [0.25, 0.3) is 5.69 Å². The molecular formula is C12H11BrN4O4. The highest BCUT2D eigenvalue weighted by atomic mass is 79.9. The normalized spacial score (nSPS) is 10.0. The van der Waals surface area contributed by atoms with Gasteiger partial charge in [-0.1, -0.05) is 0 Å². The number of non-ortho nitro benzene ring substituents is 1. The number of ether oxygens (including phenoxy) is 2. The molecule has 0 spiro atoms. The highest BCUT2D eigenvalue weighted by molar-refractivity contribution is 9.10. The van der Waals surface area contributed by atoms with E-state index in [0.717, 1.165) is 0 Å². The summed E-state index contributed by atoms with van der Waals surface area (Å²) < 4.78 is 11.2. The van der Waals surface area contributed by atoms with Gasteiger partial charge in [0.2, 0.25) is 5.88 Å². The molecule has 0 fully saturated rings. The van der Waals surface area contributed by atoms with Crippen molar-refractivity contribution in [3.63, 3.8) is 0 Å². The molecule has 0 unspecified atom stereocenters. The number of hydrogen-bond donors (Lipinski definition) is 1. The molecule has 0 radical (unpaired) electrons. The summed E-state index contributed by atoms with van der Waals surface area (Å²) in [6.45, 7) is 0. The minimum absolute atomic E-state index is 0.107. The first-order chi connectivity index (χ1) is 10.1. The molecule has 1 aromatic heterocycles. The Balaban J connectivity index is 2.43. The molecular weight excluding hydrogens is 344 g/mol. The number of anilines is 1. The zero-order chi connectivity index (χ0) is 15.4. The fourth-order valence-electron chi connectivity index (χ4n) is 1.56. The van der Waals surface area contributed by atoms with Crippen LogP contribution in [0.2, 0.25) is 0 Å². The molecule has 9 heteroatoms. The van der Waals surface area contributed by atoms with Crippen LogP contribution in [0.4, 0.5) is 11.5 Å². The summed E-state index contributed by atoms with van der Waals surface area (Å²) in [5.74, 6) is 1.29. The van der Waals surface area contributed by atoms with E-state index >= 15 is 0 Å². The maximum Gasteiger partial charge on any atom is 0.273 e. The predicted molar refractivity (Wildman–Crippen MR) is 79.0 cm³/mol. The lowest BCUT2D eigenvalue weighted by molar-refractivity contribution is -0.384. The largest absolute Gasteiger partial charge is 0.493 e. The van der Waals surface area contributed by atoms with Crippen molar-refractivity contribution in [2.45, 2.75) is 0 Å². The molecule has 2 aromatic rings. The van der Waals surface area contributed by atoms with Crippen LogP contribution in [0.25, 0.3) is 0 Å². The molecule has 2 rings (SSSR count). The van der Waals surface area contributed by atoms with E-state index in [-0.39, 0.29) is 17.3 Å². The number of halogens is 1. The standard InChI is InChI=1S/C12H11BrN4O4/c1-14-11-10(13)12(16-6-15-11)21-9-5-7(17(18)19)3-4-8(9)20-2/h3-6H,1-2H3,(H,14,15,16). The van der Waals surface area contributed by atoms with E-state index in [1.54, 1.807) is 7.05 Å². The second kappa shape index (κ2) is 6.35. The van der Waals surface area contributed by atoms with Gasteiger partial charge < -0.3 is 14.8 Å². The third-order valence-electron chi connectivity index (χ3n) is 2.56. The fourth-order valence-corrected chi connectivity index (χ4v) is 2.05. The van der Waals surface area contributed by atoms with Crippen LogP contribution < -0.4 is 14.8 Å². The number of methoxy groups -OCH3 is 1. The molecule has 1 N–H and O–H groups in total. The van der Waals surface area contributed by atoms with E-state index in [1.807, 2.05) is 0 Å². The average molecular weight is 355 g/mol. The summed E-state index contributed by atoms with van der Waals surface area (Å²) in [4.78, 5) is 18.3. The lowest BCUT2D eigenvalue weighted by Crippen LogP contribution is -1.99. The highest BCUT2D eigenvalue weighted by Gasteiger charge is 2.16. The van der Waals surface area contributed by atoms with Gasteiger partial charge >= 0.3 is 0 Å². The van der Waals surface area contributed by atoms with Crippen molar-refractivity contribution >= 4 is 27.4 Å². The number of benzene rings is 1. The van der Waals surface area contributed by atoms with Gasteiger partial charge in [0, 0.05) is 13.1 Å². The topological polar surface area (TPSA) is 99.4 Å². The molecule has 0 atom stereocenters. The van der Waals surface area contributed by atoms with Gasteiger partial charge in [-0.3, -0.25) is 10.1 Å². The Kier molecular flexibility index (Phi) is 4.53. The first-order valence-electron chi connectivity index (χ1n) is 5.75. The first kappa shape index (κ1) is 15.0. The third kappa shape index (κ3) is 3.19. The van der Waals surface area contributed by atoms with E-state index < -0.39 is 4.92 Å². The Bertz CT molecular complexity index is 680. The van der Waals surface area contributed by atoms with Crippen LogP contribution >= 0.6 is 15.9 Å². The Labute approximate surface area is 128 Å². The second-order valence-electron chi connectivity index (χ2n) is 3.79. The van der Waals surface area contributed by atoms with Crippen LogP contribution in [-0.4, -0.2) is 29.0 Å². The minimum atomic E-state index is -0.514. The van der Waals surface area contributed by atoms with E-state index in [1.165, 1.54) is 31.6 Å². The molecule has 0 bridgehead atoms. The summed E-state index contributed by atoms with van der Waals surface area (Å²) in [5, 5.41) is 13.7. The molecule has 0 aliphatic carbocycles. The van der Waals surface area contributed by atoms with Crippen LogP contribution in [0, 0.1) is 10.1 Å². The summed E-state index contributed by atoms with van der Waals surface area (Å²) in [6.07, 6.45) is 1.32. The Morgan fingerprint density at radius 3 is 2.71 bits per heavy atom. The van der Waals surface area contributed by atoms with Crippen molar-refractivity contribution < 1.29 is 14.4 Å². The Morgan fingerprint density at radius 1 is 1.33 bits per heavy atom. The maximum absolute atomic E-state index is 10.8. The predicted octanol–water partition coefficient (Wildman–Crippen LogP) is 2.99. The monoisotopic (exact) mass is 354 g/mol. The molecule has 21 heavy (non-hydrogen) atoms. The van der Waals surface area contributed by atoms with E-state index in [0.29, 0.717) is 16.0 Å². The van der Waals surface area contributed by atoms with Gasteiger partial charge in [-0.2, -0.15) is 0 Å². The molecule has 0 aliphatic rings. The number of nitrogens with zero attached hydrogens (tertiary/aromatic N) is 3. The number of nitrogens with one attached hydrogen (secondary N) is 1. The second-order valence-corrected chi connectivity index (χ2v) is 4.58. The number of rotatable bonds is 5. The van der Waals surface area contributed by atoms with Crippen molar-refractivity contribution in [2.75, 3.05) is 19.5 Å². The zero-order valence-electron chi connectivity index (χ0n) is 11.2. The lowest BCUT2D eigenvalue weighted by atomic mass is 10.3. The number of hydrogen-bond acceptors (Lipinski definition) is 7. The van der Waals surface area contributed by atoms with Crippen LogP contribution in [0.1, 0.15) is 0 Å². The van der Waals surface area contributed by atoms with E-state index in [4.69, 9.17) is 9.47 Å². The Morgan fingerprint density at radius 2 is 2.10 bits per heavy atom. The highest BCUT2D eigenvalue weighted by Crippen LogP contribution is 2.37. The third-order valence-corrected chi connectivity index (χ3v) is 3.27. The van der Waals surface area contributed by atoms with Gasteiger partial charge in [-0.15, -0.1) is 0 Å². The zero-order valence-corrected chi connectivity index (χ0v) is 12.7. The van der Waals surface area contributed by atoms with Gasteiger partial charge in [0.15, 0.2) is 11.5 Å². The van der Waals surface area contributed by atoms with Gasteiger partial charge in [-0.05, 0) is 22.0 Å². The van der Waals surface area contributed by atoms with Crippen molar-refractivity contribution in [3.05, 3.63) is 39.1 Å². The van der Waals surface area contributed by atoms with Gasteiger partial charge in [0.1, 0.15) is 16.6 Å². The van der Waals surface area contributed by atoms with Crippen molar-refractivity contribution in [1.29, 1.82) is 0 Å². The Hall–Kier alpha value is -2.42. The molecule has 110 valence electrons. The van der Waals surface area contributed by atoms with Crippen LogP contribution in [0.3, 0.4) is 0 Å². The minimum Gasteiger partial charge on any atom is -0.493 e. The smallest absolute Gasteiger partial charge is 0.273 e. The van der Waals surface area contributed by atoms with Crippen molar-refractivity contribution in [2.24, 2.45) is 0 Å². The number of nitro groups is 1. The molecule has 0 aliphatic heterocycles. The fraction of sp³-hybridized carbons (Fsp3) is 0.167. The maximum atomic E-state index is 10.8. The van der Waals surface area contributed by atoms with Crippen molar-refractivity contribution in [1.82, 2.24) is 9.97 Å². The van der Waals surface area contributed by atoms with Crippen molar-refractivity contribution in [3.8, 4) is 17.4 Å². The molecule has 8 nitrogen and oxygen atoms in total. The molecule has 1 aromatic carbocycles.